The molecular weight excluding hydrogens is 343 g/mol. The summed E-state index contributed by atoms with van der Waals surface area (Å²) in [6.07, 6.45) is -4.60. The van der Waals surface area contributed by atoms with Crippen LogP contribution in [-0.2, 0) is 0 Å². The maximum Gasteiger partial charge on any atom is 0.400 e. The van der Waals surface area contributed by atoms with E-state index < -0.39 is 24.5 Å². The van der Waals surface area contributed by atoms with Crippen LogP contribution in [0.2, 0.25) is 0 Å². The van der Waals surface area contributed by atoms with Gasteiger partial charge in [0.05, 0.1) is 11.6 Å². The number of nitrogens with two attached hydrogens (primary N) is 1. The standard InChI is InChI=1S/C11H13BrF3N3O2/c1-20-9-3-2-6(4-8(9)12)17-5-7(10(16)18-19)11(13,14)15/h2-4,7,17,19H,5H2,1H3,(H2,16,18). The van der Waals surface area contributed by atoms with E-state index in [1.54, 1.807) is 18.2 Å². The molecule has 0 aliphatic carbocycles. The molecule has 1 aromatic carbocycles. The third-order valence-electron chi connectivity index (χ3n) is 2.53. The number of hydrogen-bond acceptors (Lipinski definition) is 4. The van der Waals surface area contributed by atoms with Crippen LogP contribution >= 0.6 is 15.9 Å². The Balaban J connectivity index is 2.80. The molecule has 1 unspecified atom stereocenters. The Morgan fingerprint density at radius 3 is 2.65 bits per heavy atom. The molecule has 1 rings (SSSR count). The van der Waals surface area contributed by atoms with Crippen LogP contribution < -0.4 is 15.8 Å². The first kappa shape index (κ1) is 16.4. The topological polar surface area (TPSA) is 79.9 Å². The third-order valence-corrected chi connectivity index (χ3v) is 3.15. The number of nitrogens with one attached hydrogen (secondary N) is 1. The highest BCUT2D eigenvalue weighted by molar-refractivity contribution is 9.10. The van der Waals surface area contributed by atoms with Gasteiger partial charge in [0.25, 0.3) is 0 Å². The lowest BCUT2D eigenvalue weighted by Gasteiger charge is -2.20. The van der Waals surface area contributed by atoms with Gasteiger partial charge in [-0.05, 0) is 34.1 Å². The van der Waals surface area contributed by atoms with Crippen molar-refractivity contribution in [2.24, 2.45) is 16.8 Å². The van der Waals surface area contributed by atoms with E-state index in [0.717, 1.165) is 0 Å². The molecule has 0 saturated heterocycles. The molecular formula is C11H13BrF3N3O2. The van der Waals surface area contributed by atoms with E-state index in [9.17, 15) is 13.2 Å². The van der Waals surface area contributed by atoms with Crippen molar-refractivity contribution in [2.75, 3.05) is 19.0 Å². The molecule has 0 radical (unpaired) electrons. The number of amidine groups is 1. The van der Waals surface area contributed by atoms with Crippen LogP contribution in [-0.4, -0.2) is 30.9 Å². The Kier molecular flexibility index (Phi) is 5.49. The Morgan fingerprint density at radius 2 is 2.20 bits per heavy atom. The Labute approximate surface area is 121 Å². The second kappa shape index (κ2) is 6.69. The number of rotatable bonds is 5. The molecule has 9 heteroatoms. The number of benzene rings is 1. The number of alkyl halides is 3. The minimum atomic E-state index is -4.60. The largest absolute Gasteiger partial charge is 0.496 e. The monoisotopic (exact) mass is 355 g/mol. The maximum absolute atomic E-state index is 12.7. The van der Waals surface area contributed by atoms with E-state index in [4.69, 9.17) is 15.7 Å². The van der Waals surface area contributed by atoms with Crippen molar-refractivity contribution in [1.82, 2.24) is 0 Å². The predicted molar refractivity (Wildman–Crippen MR) is 72.1 cm³/mol. The number of methoxy groups -OCH3 is 1. The first-order valence-electron chi connectivity index (χ1n) is 5.41. The average Bonchev–Trinajstić information content (AvgIpc) is 2.37. The molecule has 1 atom stereocenters. The highest BCUT2D eigenvalue weighted by atomic mass is 79.9. The van der Waals surface area contributed by atoms with Gasteiger partial charge in [0.2, 0.25) is 0 Å². The summed E-state index contributed by atoms with van der Waals surface area (Å²) in [4.78, 5) is 0. The fourth-order valence-electron chi connectivity index (χ4n) is 1.45. The maximum atomic E-state index is 12.7. The van der Waals surface area contributed by atoms with Gasteiger partial charge in [0, 0.05) is 12.2 Å². The van der Waals surface area contributed by atoms with E-state index in [1.165, 1.54) is 7.11 Å². The predicted octanol–water partition coefficient (Wildman–Crippen LogP) is 2.79. The van der Waals surface area contributed by atoms with Gasteiger partial charge in [-0.1, -0.05) is 5.16 Å². The van der Waals surface area contributed by atoms with Gasteiger partial charge in [-0.25, -0.2) is 0 Å². The summed E-state index contributed by atoms with van der Waals surface area (Å²) in [5.41, 5.74) is 5.50. The second-order valence-corrected chi connectivity index (χ2v) is 4.70. The first-order chi connectivity index (χ1) is 9.29. The summed E-state index contributed by atoms with van der Waals surface area (Å²) < 4.78 is 43.8. The third kappa shape index (κ3) is 4.19. The number of ether oxygens (including phenoxy) is 1. The Bertz CT molecular complexity index is 494. The SMILES string of the molecule is COc1ccc(NCC(/C(N)=N/O)C(F)(F)F)cc1Br. The molecule has 4 N–H and O–H groups in total. The number of halogens is 4. The Hall–Kier alpha value is -1.64. The molecule has 0 fully saturated rings. The number of anilines is 1. The summed E-state index contributed by atoms with van der Waals surface area (Å²) >= 11 is 3.22. The van der Waals surface area contributed by atoms with Crippen molar-refractivity contribution in [3.05, 3.63) is 22.7 Å². The van der Waals surface area contributed by atoms with Gasteiger partial charge in [0.1, 0.15) is 11.7 Å². The lowest BCUT2D eigenvalue weighted by molar-refractivity contribution is -0.152. The number of hydrogen-bond donors (Lipinski definition) is 3. The molecule has 1 aromatic rings. The zero-order valence-corrected chi connectivity index (χ0v) is 12.0. The first-order valence-corrected chi connectivity index (χ1v) is 6.20. The normalized spacial score (nSPS) is 13.9. The van der Waals surface area contributed by atoms with Crippen molar-refractivity contribution < 1.29 is 23.1 Å². The van der Waals surface area contributed by atoms with Crippen LogP contribution in [0.5, 0.6) is 5.75 Å². The summed E-state index contributed by atoms with van der Waals surface area (Å²) in [6, 6.07) is 4.72. The van der Waals surface area contributed by atoms with Gasteiger partial charge >= 0.3 is 6.18 Å². The average molecular weight is 356 g/mol. The van der Waals surface area contributed by atoms with Gasteiger partial charge in [-0.2, -0.15) is 13.2 Å². The molecule has 5 nitrogen and oxygen atoms in total. The molecule has 0 bridgehead atoms. The molecule has 0 amide bonds. The van der Waals surface area contributed by atoms with Gasteiger partial charge in [-0.15, -0.1) is 0 Å². The van der Waals surface area contributed by atoms with Crippen molar-refractivity contribution in [3.63, 3.8) is 0 Å². The molecule has 0 spiro atoms. The fraction of sp³-hybridized carbons (Fsp3) is 0.364. The summed E-state index contributed by atoms with van der Waals surface area (Å²) in [6.45, 7) is -0.543. The summed E-state index contributed by atoms with van der Waals surface area (Å²) in [5, 5.41) is 13.4. The van der Waals surface area contributed by atoms with Crippen molar-refractivity contribution in [1.29, 1.82) is 0 Å². The second-order valence-electron chi connectivity index (χ2n) is 3.85. The van der Waals surface area contributed by atoms with Crippen LogP contribution in [0, 0.1) is 5.92 Å². The lowest BCUT2D eigenvalue weighted by Crippen LogP contribution is -2.40. The van der Waals surface area contributed by atoms with E-state index in [-0.39, 0.29) is 0 Å². The van der Waals surface area contributed by atoms with Gasteiger partial charge in [0.15, 0.2) is 5.84 Å². The van der Waals surface area contributed by atoms with Gasteiger partial charge in [-0.3, -0.25) is 0 Å². The van der Waals surface area contributed by atoms with Crippen LogP contribution in [0.1, 0.15) is 0 Å². The summed E-state index contributed by atoms with van der Waals surface area (Å²) in [7, 11) is 1.48. The number of nitrogens with zero attached hydrogens (tertiary/aromatic N) is 1. The lowest BCUT2D eigenvalue weighted by atomic mass is 10.1. The highest BCUT2D eigenvalue weighted by Gasteiger charge is 2.42. The van der Waals surface area contributed by atoms with E-state index in [2.05, 4.69) is 26.4 Å². The molecule has 0 heterocycles. The molecule has 20 heavy (non-hydrogen) atoms. The van der Waals surface area contributed by atoms with E-state index >= 15 is 0 Å². The van der Waals surface area contributed by atoms with E-state index in [0.29, 0.717) is 15.9 Å². The molecule has 0 aliphatic rings. The molecule has 112 valence electrons. The smallest absolute Gasteiger partial charge is 0.400 e. The van der Waals surface area contributed by atoms with Gasteiger partial charge < -0.3 is 21.0 Å². The van der Waals surface area contributed by atoms with Crippen LogP contribution in [0.4, 0.5) is 18.9 Å². The van der Waals surface area contributed by atoms with Crippen LogP contribution in [0.3, 0.4) is 0 Å². The summed E-state index contributed by atoms with van der Waals surface area (Å²) in [5.74, 6) is -2.41. The minimum absolute atomic E-state index is 0.442. The molecule has 0 saturated carbocycles. The van der Waals surface area contributed by atoms with Crippen LogP contribution in [0.25, 0.3) is 0 Å². The van der Waals surface area contributed by atoms with Crippen molar-refractivity contribution >= 4 is 27.5 Å². The van der Waals surface area contributed by atoms with E-state index in [1.807, 2.05) is 0 Å². The quantitative estimate of drug-likeness (QED) is 0.328. The molecule has 0 aromatic heterocycles. The molecule has 0 aliphatic heterocycles. The van der Waals surface area contributed by atoms with Crippen LogP contribution in [0.15, 0.2) is 27.8 Å². The van der Waals surface area contributed by atoms with Crippen molar-refractivity contribution in [3.8, 4) is 5.75 Å². The zero-order chi connectivity index (χ0) is 15.3. The number of oxime groups is 1. The minimum Gasteiger partial charge on any atom is -0.496 e. The fourth-order valence-corrected chi connectivity index (χ4v) is 1.99. The highest BCUT2D eigenvalue weighted by Crippen LogP contribution is 2.30. The Morgan fingerprint density at radius 1 is 1.55 bits per heavy atom. The van der Waals surface area contributed by atoms with Crippen molar-refractivity contribution in [2.45, 2.75) is 6.18 Å². The zero-order valence-electron chi connectivity index (χ0n) is 10.4.